The highest BCUT2D eigenvalue weighted by Crippen LogP contribution is 2.24. The van der Waals surface area contributed by atoms with Gasteiger partial charge in [-0.3, -0.25) is 4.98 Å². The quantitative estimate of drug-likeness (QED) is 0.692. The summed E-state index contributed by atoms with van der Waals surface area (Å²) in [5.41, 5.74) is 4.33. The fraction of sp³-hybridized carbons (Fsp3) is 0.250. The average molecular weight is 302 g/mol. The number of rotatable bonds is 4. The molecule has 21 heavy (non-hydrogen) atoms. The van der Waals surface area contributed by atoms with Crippen LogP contribution in [0.5, 0.6) is 5.75 Å². The van der Waals surface area contributed by atoms with Crippen LogP contribution in [0, 0.1) is 6.92 Å². The maximum atomic E-state index is 6.06. The van der Waals surface area contributed by atoms with Crippen LogP contribution >= 0.6 is 11.6 Å². The van der Waals surface area contributed by atoms with Crippen molar-refractivity contribution in [1.29, 1.82) is 0 Å². The molecule has 2 aromatic heterocycles. The summed E-state index contributed by atoms with van der Waals surface area (Å²) < 4.78 is 7.39. The molecule has 0 saturated heterocycles. The minimum atomic E-state index is 0.376. The van der Waals surface area contributed by atoms with Crippen LogP contribution in [0.25, 0.3) is 11.0 Å². The molecule has 0 saturated carbocycles. The Balaban J connectivity index is 2.10. The van der Waals surface area contributed by atoms with Gasteiger partial charge in [-0.25, -0.2) is 4.98 Å². The third-order valence-corrected chi connectivity index (χ3v) is 3.86. The second-order valence-electron chi connectivity index (χ2n) is 4.90. The van der Waals surface area contributed by atoms with Crippen LogP contribution in [-0.4, -0.2) is 21.6 Å². The molecule has 0 aliphatic heterocycles. The molecular formula is C16H16ClN3O. The first-order valence-corrected chi connectivity index (χ1v) is 7.25. The van der Waals surface area contributed by atoms with Gasteiger partial charge in [-0.1, -0.05) is 0 Å². The summed E-state index contributed by atoms with van der Waals surface area (Å²) in [7, 11) is 1.65. The molecule has 0 spiro atoms. The number of imidazole rings is 1. The van der Waals surface area contributed by atoms with Crippen molar-refractivity contribution in [1.82, 2.24) is 14.5 Å². The lowest BCUT2D eigenvalue weighted by molar-refractivity contribution is 0.415. The molecule has 3 aromatic rings. The fourth-order valence-corrected chi connectivity index (χ4v) is 2.62. The molecular weight excluding hydrogens is 286 g/mol. The Morgan fingerprint density at radius 1 is 1.29 bits per heavy atom. The van der Waals surface area contributed by atoms with Crippen LogP contribution in [0.4, 0.5) is 0 Å². The van der Waals surface area contributed by atoms with E-state index in [1.807, 2.05) is 36.7 Å². The monoisotopic (exact) mass is 301 g/mol. The van der Waals surface area contributed by atoms with E-state index in [1.165, 1.54) is 5.56 Å². The van der Waals surface area contributed by atoms with Crippen LogP contribution in [0.15, 0.2) is 36.7 Å². The number of alkyl halides is 1. The first kappa shape index (κ1) is 13.9. The normalized spacial score (nSPS) is 11.0. The molecule has 0 aliphatic carbocycles. The lowest BCUT2D eigenvalue weighted by Gasteiger charge is -2.10. The third kappa shape index (κ3) is 2.59. The molecule has 0 amide bonds. The molecule has 0 bridgehead atoms. The van der Waals surface area contributed by atoms with Crippen molar-refractivity contribution in [2.24, 2.45) is 0 Å². The summed E-state index contributed by atoms with van der Waals surface area (Å²) in [4.78, 5) is 8.74. The predicted molar refractivity (Wildman–Crippen MR) is 83.9 cm³/mol. The van der Waals surface area contributed by atoms with E-state index in [9.17, 15) is 0 Å². The van der Waals surface area contributed by atoms with Crippen LogP contribution in [0.3, 0.4) is 0 Å². The number of ether oxygens (including phenoxy) is 1. The Morgan fingerprint density at radius 2 is 2.14 bits per heavy atom. The minimum absolute atomic E-state index is 0.376. The molecule has 0 atom stereocenters. The highest BCUT2D eigenvalue weighted by molar-refractivity contribution is 6.16. The molecule has 5 heteroatoms. The van der Waals surface area contributed by atoms with Gasteiger partial charge in [0.25, 0.3) is 0 Å². The minimum Gasteiger partial charge on any atom is -0.497 e. The van der Waals surface area contributed by atoms with E-state index in [0.717, 1.165) is 34.7 Å². The van der Waals surface area contributed by atoms with Crippen molar-refractivity contribution in [3.8, 4) is 5.75 Å². The Kier molecular flexibility index (Phi) is 3.80. The van der Waals surface area contributed by atoms with E-state index in [1.54, 1.807) is 7.11 Å². The van der Waals surface area contributed by atoms with Crippen molar-refractivity contribution in [3.63, 3.8) is 0 Å². The van der Waals surface area contributed by atoms with E-state index in [0.29, 0.717) is 5.88 Å². The zero-order chi connectivity index (χ0) is 14.8. The molecule has 0 radical (unpaired) electrons. The van der Waals surface area contributed by atoms with Gasteiger partial charge in [0.15, 0.2) is 0 Å². The molecule has 108 valence electrons. The van der Waals surface area contributed by atoms with Crippen LogP contribution in [-0.2, 0) is 12.4 Å². The highest BCUT2D eigenvalue weighted by Gasteiger charge is 2.12. The van der Waals surface area contributed by atoms with Gasteiger partial charge in [0.1, 0.15) is 11.6 Å². The number of hydrogen-bond donors (Lipinski definition) is 0. The van der Waals surface area contributed by atoms with Crippen molar-refractivity contribution < 1.29 is 4.74 Å². The third-order valence-electron chi connectivity index (χ3n) is 3.62. The molecule has 4 nitrogen and oxygen atoms in total. The van der Waals surface area contributed by atoms with Gasteiger partial charge in [0.05, 0.1) is 24.0 Å². The average Bonchev–Trinajstić information content (AvgIpc) is 2.86. The number of aromatic nitrogens is 3. The topological polar surface area (TPSA) is 39.9 Å². The molecule has 3 rings (SSSR count). The first-order chi connectivity index (χ1) is 10.2. The van der Waals surface area contributed by atoms with Gasteiger partial charge in [-0.2, -0.15) is 0 Å². The lowest BCUT2D eigenvalue weighted by atomic mass is 10.1. The van der Waals surface area contributed by atoms with E-state index in [4.69, 9.17) is 16.3 Å². The predicted octanol–water partition coefficient (Wildman–Crippen LogP) is 3.54. The number of hydrogen-bond acceptors (Lipinski definition) is 3. The van der Waals surface area contributed by atoms with Crippen LogP contribution < -0.4 is 4.74 Å². The molecule has 0 fully saturated rings. The number of pyridine rings is 1. The van der Waals surface area contributed by atoms with Gasteiger partial charge >= 0.3 is 0 Å². The molecule has 2 heterocycles. The summed E-state index contributed by atoms with van der Waals surface area (Å²) in [6, 6.07) is 7.93. The highest BCUT2D eigenvalue weighted by atomic mass is 35.5. The smallest absolute Gasteiger partial charge is 0.125 e. The maximum Gasteiger partial charge on any atom is 0.125 e. The molecule has 1 aromatic carbocycles. The van der Waals surface area contributed by atoms with E-state index in [2.05, 4.69) is 21.5 Å². The zero-order valence-corrected chi connectivity index (χ0v) is 12.8. The number of methoxy groups -OCH3 is 1. The largest absolute Gasteiger partial charge is 0.497 e. The standard InChI is InChI=1S/C16H16ClN3O/c1-11-9-18-6-5-12(11)10-20-15-4-3-13(21-2)7-14(15)19-16(20)8-17/h3-7,9H,8,10H2,1-2H3. The van der Waals surface area contributed by atoms with E-state index >= 15 is 0 Å². The summed E-state index contributed by atoms with van der Waals surface area (Å²) in [6.45, 7) is 2.80. The molecule has 0 aliphatic rings. The maximum absolute atomic E-state index is 6.06. The Labute approximate surface area is 128 Å². The first-order valence-electron chi connectivity index (χ1n) is 6.71. The van der Waals surface area contributed by atoms with Crippen molar-refractivity contribution >= 4 is 22.6 Å². The van der Waals surface area contributed by atoms with Crippen molar-refractivity contribution in [2.75, 3.05) is 7.11 Å². The van der Waals surface area contributed by atoms with Gasteiger partial charge < -0.3 is 9.30 Å². The zero-order valence-electron chi connectivity index (χ0n) is 12.0. The van der Waals surface area contributed by atoms with Crippen molar-refractivity contribution in [2.45, 2.75) is 19.3 Å². The fourth-order valence-electron chi connectivity index (χ4n) is 2.41. The van der Waals surface area contributed by atoms with Crippen molar-refractivity contribution in [3.05, 3.63) is 53.6 Å². The summed E-state index contributed by atoms with van der Waals surface area (Å²) in [5.74, 6) is 2.03. The lowest BCUT2D eigenvalue weighted by Crippen LogP contribution is -2.05. The summed E-state index contributed by atoms with van der Waals surface area (Å²) in [5, 5.41) is 0. The second kappa shape index (κ2) is 5.74. The SMILES string of the molecule is COc1ccc2c(c1)nc(CCl)n2Cc1ccncc1C. The van der Waals surface area contributed by atoms with E-state index in [-0.39, 0.29) is 0 Å². The Morgan fingerprint density at radius 3 is 2.86 bits per heavy atom. The van der Waals surface area contributed by atoms with E-state index < -0.39 is 0 Å². The van der Waals surface area contributed by atoms with Crippen LogP contribution in [0.2, 0.25) is 0 Å². The number of fused-ring (bicyclic) bond motifs is 1. The Bertz CT molecular complexity index is 782. The van der Waals surface area contributed by atoms with Gasteiger partial charge in [0, 0.05) is 25.0 Å². The number of nitrogens with zero attached hydrogens (tertiary/aromatic N) is 3. The van der Waals surface area contributed by atoms with Gasteiger partial charge in [-0.15, -0.1) is 11.6 Å². The van der Waals surface area contributed by atoms with Gasteiger partial charge in [-0.05, 0) is 36.2 Å². The molecule has 0 N–H and O–H groups in total. The number of aryl methyl sites for hydroxylation is 1. The second-order valence-corrected chi connectivity index (χ2v) is 5.17. The summed E-state index contributed by atoms with van der Waals surface area (Å²) in [6.07, 6.45) is 3.68. The Hall–Kier alpha value is -2.07. The number of halogens is 1. The molecule has 0 unspecified atom stereocenters. The summed E-state index contributed by atoms with van der Waals surface area (Å²) >= 11 is 6.06. The number of benzene rings is 1. The van der Waals surface area contributed by atoms with Crippen LogP contribution in [0.1, 0.15) is 17.0 Å². The van der Waals surface area contributed by atoms with Gasteiger partial charge in [0.2, 0.25) is 0 Å².